The first-order chi connectivity index (χ1) is 13.4. The number of nitriles is 2. The van der Waals surface area contributed by atoms with Gasteiger partial charge < -0.3 is 4.74 Å². The van der Waals surface area contributed by atoms with E-state index in [1.54, 1.807) is 32.9 Å². The van der Waals surface area contributed by atoms with Gasteiger partial charge in [-0.05, 0) is 11.5 Å². The van der Waals surface area contributed by atoms with E-state index in [0.29, 0.717) is 4.57 Å². The molecule has 0 radical (unpaired) electrons. The Kier molecular flexibility index (Phi) is 5.88. The summed E-state index contributed by atoms with van der Waals surface area (Å²) in [5, 5.41) is 19.0. The van der Waals surface area contributed by atoms with Crippen molar-refractivity contribution in [2.45, 2.75) is 40.2 Å². The lowest BCUT2D eigenvalue weighted by atomic mass is 9.96. The molecule has 0 aliphatic rings. The number of alkyl halides is 3. The Bertz CT molecular complexity index is 1130. The molecule has 0 atom stereocenters. The molecule has 0 N–H and O–H groups in total. The molecule has 1 heterocycles. The van der Waals surface area contributed by atoms with Crippen molar-refractivity contribution >= 4 is 0 Å². The fourth-order valence-electron chi connectivity index (χ4n) is 2.72. The smallest absolute Gasteiger partial charge is 0.405 e. The lowest BCUT2D eigenvalue weighted by Gasteiger charge is -2.22. The van der Waals surface area contributed by atoms with E-state index in [2.05, 4.69) is 4.74 Å². The van der Waals surface area contributed by atoms with Crippen molar-refractivity contribution in [1.29, 1.82) is 10.5 Å². The zero-order chi connectivity index (χ0) is 22.0. The van der Waals surface area contributed by atoms with Gasteiger partial charge in [-0.25, -0.2) is 0 Å². The molecular formula is C19H17F3N4O3. The summed E-state index contributed by atoms with van der Waals surface area (Å²) in [6.45, 7) is 4.80. The SMILES string of the molecule is CC(C)(C)Cn1c(C#N)c(C#N)n(Cc2ccccc2OC(F)(F)F)c(=O)c1=O. The van der Waals surface area contributed by atoms with E-state index in [9.17, 15) is 33.3 Å². The molecule has 0 unspecified atom stereocenters. The number of hydrogen-bond acceptors (Lipinski definition) is 5. The molecule has 29 heavy (non-hydrogen) atoms. The van der Waals surface area contributed by atoms with Gasteiger partial charge >= 0.3 is 17.5 Å². The first kappa shape index (κ1) is 21.8. The van der Waals surface area contributed by atoms with Crippen molar-refractivity contribution in [1.82, 2.24) is 9.13 Å². The van der Waals surface area contributed by atoms with Gasteiger partial charge in [0.2, 0.25) is 0 Å². The Morgan fingerprint density at radius 1 is 0.966 bits per heavy atom. The summed E-state index contributed by atoms with van der Waals surface area (Å²) in [6.07, 6.45) is -4.97. The Balaban J connectivity index is 2.70. The number of para-hydroxylation sites is 1. The van der Waals surface area contributed by atoms with Crippen molar-refractivity contribution in [2.24, 2.45) is 5.41 Å². The number of aromatic nitrogens is 2. The van der Waals surface area contributed by atoms with E-state index < -0.39 is 40.9 Å². The van der Waals surface area contributed by atoms with Gasteiger partial charge in [-0.3, -0.25) is 18.7 Å². The number of rotatable bonds is 4. The minimum absolute atomic E-state index is 0.00720. The van der Waals surface area contributed by atoms with Gasteiger partial charge in [0.25, 0.3) is 0 Å². The molecule has 0 saturated heterocycles. The summed E-state index contributed by atoms with van der Waals surface area (Å²) in [7, 11) is 0. The maximum atomic E-state index is 12.6. The summed E-state index contributed by atoms with van der Waals surface area (Å²) >= 11 is 0. The summed E-state index contributed by atoms with van der Waals surface area (Å²) in [5.74, 6) is -0.576. The van der Waals surface area contributed by atoms with Crippen LogP contribution in [0.4, 0.5) is 13.2 Å². The lowest BCUT2D eigenvalue weighted by molar-refractivity contribution is -0.274. The molecule has 0 aliphatic heterocycles. The van der Waals surface area contributed by atoms with Crippen LogP contribution in [0.2, 0.25) is 0 Å². The summed E-state index contributed by atoms with van der Waals surface area (Å²) in [4.78, 5) is 25.2. The van der Waals surface area contributed by atoms with Crippen LogP contribution < -0.4 is 15.9 Å². The third-order valence-corrected chi connectivity index (χ3v) is 3.81. The molecule has 152 valence electrons. The molecular weight excluding hydrogens is 389 g/mol. The maximum absolute atomic E-state index is 12.6. The molecule has 2 rings (SSSR count). The molecule has 0 bridgehead atoms. The first-order valence-electron chi connectivity index (χ1n) is 8.39. The van der Waals surface area contributed by atoms with Gasteiger partial charge in [-0.1, -0.05) is 39.0 Å². The van der Waals surface area contributed by atoms with E-state index in [1.807, 2.05) is 0 Å². The second kappa shape index (κ2) is 7.84. The predicted molar refractivity (Wildman–Crippen MR) is 96.1 cm³/mol. The second-order valence-corrected chi connectivity index (χ2v) is 7.42. The number of halogens is 3. The van der Waals surface area contributed by atoms with Gasteiger partial charge in [0.15, 0.2) is 11.4 Å². The van der Waals surface area contributed by atoms with Crippen molar-refractivity contribution in [3.05, 3.63) is 61.9 Å². The largest absolute Gasteiger partial charge is 0.573 e. The van der Waals surface area contributed by atoms with Gasteiger partial charge in [-0.2, -0.15) is 10.5 Å². The Morgan fingerprint density at radius 3 is 2.00 bits per heavy atom. The minimum Gasteiger partial charge on any atom is -0.405 e. The van der Waals surface area contributed by atoms with Crippen LogP contribution in [-0.2, 0) is 13.1 Å². The standard InChI is InChI=1S/C19H17F3N4O3/c1-18(2,3)11-26-14(9-24)13(8-23)25(16(27)17(26)28)10-12-6-4-5-7-15(12)29-19(20,21)22/h4-7H,10-11H2,1-3H3. The molecule has 0 spiro atoms. The molecule has 0 saturated carbocycles. The molecule has 7 nitrogen and oxygen atoms in total. The number of ether oxygens (including phenoxy) is 1. The van der Waals surface area contributed by atoms with Crippen molar-refractivity contribution < 1.29 is 17.9 Å². The van der Waals surface area contributed by atoms with E-state index in [0.717, 1.165) is 10.6 Å². The fourth-order valence-corrected chi connectivity index (χ4v) is 2.72. The molecule has 0 aliphatic carbocycles. The van der Waals surface area contributed by atoms with Crippen LogP contribution in [0.1, 0.15) is 37.7 Å². The Labute approximate surface area is 163 Å². The summed E-state index contributed by atoms with van der Waals surface area (Å²) in [6, 6.07) is 8.51. The number of benzene rings is 1. The highest BCUT2D eigenvalue weighted by molar-refractivity contribution is 5.39. The third kappa shape index (κ3) is 5.05. The highest BCUT2D eigenvalue weighted by atomic mass is 19.4. The van der Waals surface area contributed by atoms with Crippen LogP contribution in [0.25, 0.3) is 0 Å². The van der Waals surface area contributed by atoms with E-state index in [1.165, 1.54) is 18.2 Å². The van der Waals surface area contributed by atoms with Crippen LogP contribution in [0, 0.1) is 28.1 Å². The monoisotopic (exact) mass is 406 g/mol. The first-order valence-corrected chi connectivity index (χ1v) is 8.39. The molecule has 0 fully saturated rings. The van der Waals surface area contributed by atoms with Gasteiger partial charge in [0, 0.05) is 12.1 Å². The predicted octanol–water partition coefficient (Wildman–Crippen LogP) is 2.75. The van der Waals surface area contributed by atoms with E-state index in [4.69, 9.17) is 0 Å². The minimum atomic E-state index is -4.97. The Morgan fingerprint density at radius 2 is 1.48 bits per heavy atom. The van der Waals surface area contributed by atoms with Crippen molar-refractivity contribution in [3.8, 4) is 17.9 Å². The fraction of sp³-hybridized carbons (Fsp3) is 0.368. The average Bonchev–Trinajstić information content (AvgIpc) is 2.60. The molecule has 0 amide bonds. The van der Waals surface area contributed by atoms with Crippen LogP contribution in [-0.4, -0.2) is 15.5 Å². The summed E-state index contributed by atoms with van der Waals surface area (Å²) < 4.78 is 43.5. The highest BCUT2D eigenvalue weighted by Crippen LogP contribution is 2.27. The molecule has 2 aromatic rings. The third-order valence-electron chi connectivity index (χ3n) is 3.81. The number of hydrogen-bond donors (Lipinski definition) is 0. The quantitative estimate of drug-likeness (QED) is 0.727. The van der Waals surface area contributed by atoms with Crippen LogP contribution in [0.3, 0.4) is 0 Å². The molecule has 1 aromatic heterocycles. The Hall–Kier alpha value is -3.53. The average molecular weight is 406 g/mol. The lowest BCUT2D eigenvalue weighted by Crippen LogP contribution is -2.45. The second-order valence-electron chi connectivity index (χ2n) is 7.42. The normalized spacial score (nSPS) is 11.6. The van der Waals surface area contributed by atoms with Gasteiger partial charge in [0.05, 0.1) is 6.54 Å². The highest BCUT2D eigenvalue weighted by Gasteiger charge is 2.32. The molecule has 10 heteroatoms. The van der Waals surface area contributed by atoms with Crippen molar-refractivity contribution in [2.75, 3.05) is 0 Å². The van der Waals surface area contributed by atoms with Crippen LogP contribution in [0.5, 0.6) is 5.75 Å². The maximum Gasteiger partial charge on any atom is 0.573 e. The van der Waals surface area contributed by atoms with E-state index in [-0.39, 0.29) is 17.8 Å². The summed E-state index contributed by atoms with van der Waals surface area (Å²) in [5.41, 5.74) is -3.46. The van der Waals surface area contributed by atoms with Gasteiger partial charge in [-0.15, -0.1) is 13.2 Å². The van der Waals surface area contributed by atoms with Gasteiger partial charge in [0.1, 0.15) is 17.9 Å². The van der Waals surface area contributed by atoms with Crippen LogP contribution >= 0.6 is 0 Å². The zero-order valence-electron chi connectivity index (χ0n) is 15.9. The van der Waals surface area contributed by atoms with Crippen LogP contribution in [0.15, 0.2) is 33.9 Å². The van der Waals surface area contributed by atoms with E-state index >= 15 is 0 Å². The topological polar surface area (TPSA) is 101 Å². The molecule has 1 aromatic carbocycles. The van der Waals surface area contributed by atoms with Crippen molar-refractivity contribution in [3.63, 3.8) is 0 Å². The zero-order valence-corrected chi connectivity index (χ0v) is 15.9. The number of nitrogens with zero attached hydrogens (tertiary/aromatic N) is 4.